The lowest BCUT2D eigenvalue weighted by Gasteiger charge is -2.15. The number of alkyl halides is 3. The molecule has 3 atom stereocenters. The number of hydrogen-bond acceptors (Lipinski definition) is 3. The van der Waals surface area contributed by atoms with E-state index in [0.717, 1.165) is 16.9 Å². The molecule has 1 aliphatic rings. The van der Waals surface area contributed by atoms with Crippen LogP contribution in [0, 0.1) is 5.92 Å². The molecule has 0 radical (unpaired) electrons. The predicted octanol–water partition coefficient (Wildman–Crippen LogP) is 3.76. The van der Waals surface area contributed by atoms with Gasteiger partial charge in [0.15, 0.2) is 0 Å². The lowest BCUT2D eigenvalue weighted by molar-refractivity contribution is -0.134. The zero-order valence-electron chi connectivity index (χ0n) is 15.2. The van der Waals surface area contributed by atoms with E-state index in [1.54, 1.807) is 6.92 Å². The molecule has 0 spiro atoms. The summed E-state index contributed by atoms with van der Waals surface area (Å²) < 4.78 is 37.4. The molecule has 6 nitrogen and oxygen atoms in total. The average Bonchev–Trinajstić information content (AvgIpc) is 3.11. The number of fused-ring (bicyclic) bond motifs is 1. The van der Waals surface area contributed by atoms with Gasteiger partial charge in [-0.15, -0.1) is 0 Å². The summed E-state index contributed by atoms with van der Waals surface area (Å²) >= 11 is 0. The lowest BCUT2D eigenvalue weighted by Crippen LogP contribution is -2.29. The number of aromatic nitrogens is 4. The molecule has 1 saturated carbocycles. The molecule has 28 heavy (non-hydrogen) atoms. The van der Waals surface area contributed by atoms with Crippen LogP contribution >= 0.6 is 0 Å². The van der Waals surface area contributed by atoms with Crippen LogP contribution < -0.4 is 5.32 Å². The second-order valence-corrected chi connectivity index (χ2v) is 7.24. The Bertz CT molecular complexity index is 960. The van der Waals surface area contributed by atoms with E-state index >= 15 is 0 Å². The number of nitrogens with zero attached hydrogens (tertiary/aromatic N) is 2. The van der Waals surface area contributed by atoms with E-state index in [-0.39, 0.29) is 24.2 Å². The van der Waals surface area contributed by atoms with Gasteiger partial charge in [0.2, 0.25) is 5.91 Å². The van der Waals surface area contributed by atoms with Gasteiger partial charge >= 0.3 is 6.18 Å². The molecule has 0 bridgehead atoms. The number of carbonyl (C=O) groups is 1. The summed E-state index contributed by atoms with van der Waals surface area (Å²) in [4.78, 5) is 20.4. The highest BCUT2D eigenvalue weighted by atomic mass is 19.4. The van der Waals surface area contributed by atoms with Gasteiger partial charge in [0.25, 0.3) is 0 Å². The van der Waals surface area contributed by atoms with Gasteiger partial charge in [0.05, 0.1) is 23.3 Å². The molecule has 1 amide bonds. The van der Waals surface area contributed by atoms with Gasteiger partial charge in [0, 0.05) is 29.5 Å². The number of nitrogens with one attached hydrogen (secondary N) is 3. The highest BCUT2D eigenvalue weighted by Crippen LogP contribution is 2.47. The second-order valence-electron chi connectivity index (χ2n) is 7.24. The maximum absolute atomic E-state index is 12.6. The average molecular weight is 391 g/mol. The van der Waals surface area contributed by atoms with E-state index in [4.69, 9.17) is 0 Å². The number of benzene rings is 1. The first-order valence-corrected chi connectivity index (χ1v) is 9.16. The van der Waals surface area contributed by atoms with Crippen LogP contribution in [0.5, 0.6) is 0 Å². The highest BCUT2D eigenvalue weighted by Gasteiger charge is 2.46. The smallest absolute Gasteiger partial charge is 0.349 e. The maximum Gasteiger partial charge on any atom is 0.389 e. The fourth-order valence-electron chi connectivity index (χ4n) is 3.50. The van der Waals surface area contributed by atoms with Crippen molar-refractivity contribution in [3.8, 4) is 0 Å². The molecule has 0 saturated heterocycles. The van der Waals surface area contributed by atoms with E-state index in [1.807, 2.05) is 24.3 Å². The van der Waals surface area contributed by atoms with E-state index in [1.165, 1.54) is 6.20 Å². The van der Waals surface area contributed by atoms with E-state index < -0.39 is 18.6 Å². The molecule has 3 N–H and O–H groups in total. The second kappa shape index (κ2) is 6.96. The van der Waals surface area contributed by atoms with Crippen LogP contribution in [0.1, 0.15) is 48.8 Å². The Kier molecular flexibility index (Phi) is 4.60. The summed E-state index contributed by atoms with van der Waals surface area (Å²) in [5.74, 6) is 0.520. The van der Waals surface area contributed by atoms with Crippen LogP contribution in [0.4, 0.5) is 13.2 Å². The molecule has 2 heterocycles. The molecular formula is C19H20F3N5O. The first-order chi connectivity index (χ1) is 13.3. The van der Waals surface area contributed by atoms with Crippen molar-refractivity contribution in [1.82, 2.24) is 25.5 Å². The Balaban J connectivity index is 1.37. The first-order valence-electron chi connectivity index (χ1n) is 9.16. The summed E-state index contributed by atoms with van der Waals surface area (Å²) in [5.41, 5.74) is 2.78. The molecule has 4 rings (SSSR count). The third kappa shape index (κ3) is 3.88. The highest BCUT2D eigenvalue weighted by molar-refractivity contribution is 5.83. The molecule has 9 heteroatoms. The Hall–Kier alpha value is -2.84. The molecule has 2 unspecified atom stereocenters. The molecule has 3 aromatic rings. The van der Waals surface area contributed by atoms with Crippen LogP contribution in [-0.2, 0) is 11.2 Å². The van der Waals surface area contributed by atoms with E-state index in [2.05, 4.69) is 25.5 Å². The minimum atomic E-state index is -4.23. The zero-order chi connectivity index (χ0) is 19.9. The summed E-state index contributed by atoms with van der Waals surface area (Å²) in [7, 11) is 0. The first kappa shape index (κ1) is 18.5. The third-order valence-electron chi connectivity index (χ3n) is 5.12. The fourth-order valence-corrected chi connectivity index (χ4v) is 3.50. The van der Waals surface area contributed by atoms with E-state index in [9.17, 15) is 18.0 Å². The van der Waals surface area contributed by atoms with Crippen molar-refractivity contribution in [2.75, 3.05) is 0 Å². The summed E-state index contributed by atoms with van der Waals surface area (Å²) in [6.45, 7) is 1.75. The Morgan fingerprint density at radius 1 is 1.36 bits per heavy atom. The van der Waals surface area contributed by atoms with Crippen LogP contribution in [0.15, 0.2) is 30.5 Å². The molecule has 0 aliphatic heterocycles. The van der Waals surface area contributed by atoms with Gasteiger partial charge in [0.1, 0.15) is 5.82 Å². The number of aromatic amines is 2. The van der Waals surface area contributed by atoms with Crippen LogP contribution in [0.3, 0.4) is 0 Å². The number of rotatable bonds is 6. The number of H-pyrrole nitrogens is 2. The third-order valence-corrected chi connectivity index (χ3v) is 5.12. The number of halogens is 3. The molecule has 1 fully saturated rings. The quantitative estimate of drug-likeness (QED) is 0.598. The Morgan fingerprint density at radius 3 is 2.89 bits per heavy atom. The minimum Gasteiger partial charge on any atom is -0.349 e. The van der Waals surface area contributed by atoms with Crippen LogP contribution in [0.25, 0.3) is 11.0 Å². The van der Waals surface area contributed by atoms with Crippen molar-refractivity contribution in [3.63, 3.8) is 0 Å². The zero-order valence-corrected chi connectivity index (χ0v) is 15.2. The van der Waals surface area contributed by atoms with Gasteiger partial charge in [-0.25, -0.2) is 4.98 Å². The van der Waals surface area contributed by atoms with E-state index in [0.29, 0.717) is 17.7 Å². The normalized spacial score (nSPS) is 20.3. The molecular weight excluding hydrogens is 371 g/mol. The number of imidazole rings is 1. The predicted molar refractivity (Wildman–Crippen MR) is 96.5 cm³/mol. The van der Waals surface area contributed by atoms with Gasteiger partial charge in [-0.05, 0) is 31.9 Å². The lowest BCUT2D eigenvalue weighted by atomic mass is 10.1. The largest absolute Gasteiger partial charge is 0.389 e. The topological polar surface area (TPSA) is 86.5 Å². The van der Waals surface area contributed by atoms with Crippen molar-refractivity contribution in [2.45, 2.75) is 44.3 Å². The number of amides is 1. The molecule has 148 valence electrons. The van der Waals surface area contributed by atoms with Crippen molar-refractivity contribution in [2.24, 2.45) is 5.92 Å². The molecule has 1 aromatic carbocycles. The summed E-state index contributed by atoms with van der Waals surface area (Å²) in [6.07, 6.45) is -3.18. The van der Waals surface area contributed by atoms with Crippen molar-refractivity contribution >= 4 is 16.9 Å². The SMILES string of the molecule is C[C@@H](NC(=O)C1CC1c1nc2ccccc2[nH]1)c1cn[nH]c1CCC(F)(F)F. The monoisotopic (exact) mass is 391 g/mol. The van der Waals surface area contributed by atoms with Gasteiger partial charge in [-0.1, -0.05) is 12.1 Å². The van der Waals surface area contributed by atoms with Gasteiger partial charge < -0.3 is 10.3 Å². The minimum absolute atomic E-state index is 0.0358. The Morgan fingerprint density at radius 2 is 2.14 bits per heavy atom. The van der Waals surface area contributed by atoms with Crippen LogP contribution in [0.2, 0.25) is 0 Å². The summed E-state index contributed by atoms with van der Waals surface area (Å²) in [5, 5.41) is 9.34. The van der Waals surface area contributed by atoms with Gasteiger partial charge in [-0.3, -0.25) is 9.89 Å². The van der Waals surface area contributed by atoms with Gasteiger partial charge in [-0.2, -0.15) is 18.3 Å². The number of para-hydroxylation sites is 2. The maximum atomic E-state index is 12.6. The van der Waals surface area contributed by atoms with Crippen molar-refractivity contribution in [1.29, 1.82) is 0 Å². The molecule has 2 aromatic heterocycles. The standard InChI is InChI=1S/C19H20F3N5O/c1-10(13-9-23-27-14(13)6-7-19(20,21)22)24-18(28)12-8-11(12)17-25-15-4-2-3-5-16(15)26-17/h2-5,9-12H,6-8H2,1H3,(H,23,27)(H,24,28)(H,25,26)/t10-,11?,12?/m1/s1. The number of aryl methyl sites for hydroxylation is 1. The van der Waals surface area contributed by atoms with Crippen LogP contribution in [-0.4, -0.2) is 32.2 Å². The fraction of sp³-hybridized carbons (Fsp3) is 0.421. The number of carbonyl (C=O) groups excluding carboxylic acids is 1. The van der Waals surface area contributed by atoms with Crippen molar-refractivity contribution < 1.29 is 18.0 Å². The molecule has 1 aliphatic carbocycles. The Labute approximate surface area is 158 Å². The number of hydrogen-bond donors (Lipinski definition) is 3. The van der Waals surface area contributed by atoms with Crippen molar-refractivity contribution in [3.05, 3.63) is 47.5 Å². The summed E-state index contributed by atoms with van der Waals surface area (Å²) in [6, 6.07) is 7.26.